The van der Waals surface area contributed by atoms with Gasteiger partial charge in [-0.15, -0.1) is 11.3 Å². The van der Waals surface area contributed by atoms with Gasteiger partial charge in [0.05, 0.1) is 21.5 Å². The highest BCUT2D eigenvalue weighted by atomic mass is 32.1. The molecule has 0 saturated heterocycles. The lowest BCUT2D eigenvalue weighted by atomic mass is 9.44. The average molecular weight is 799 g/mol. The van der Waals surface area contributed by atoms with E-state index in [1.165, 1.54) is 126 Å². The molecule has 61 heavy (non-hydrogen) atoms. The number of thiophene rings is 1. The van der Waals surface area contributed by atoms with Crippen molar-refractivity contribution in [2.45, 2.75) is 57.8 Å². The molecule has 0 amide bonds. The minimum Gasteiger partial charge on any atom is -0.375 e. The summed E-state index contributed by atoms with van der Waals surface area (Å²) >= 11 is 1.96. The van der Waals surface area contributed by atoms with E-state index in [1.807, 2.05) is 11.3 Å². The number of hydrogen-bond donors (Lipinski definition) is 0. The summed E-state index contributed by atoms with van der Waals surface area (Å²) in [5, 5.41) is 5.39. The molecule has 4 aliphatic rings. The predicted molar refractivity (Wildman–Crippen MR) is 261 cm³/mol. The third-order valence-electron chi connectivity index (χ3n) is 14.8. The van der Waals surface area contributed by atoms with Crippen molar-refractivity contribution in [3.05, 3.63) is 185 Å². The zero-order valence-corrected chi connectivity index (χ0v) is 36.1. The molecule has 0 N–H and O–H groups in total. The molecule has 0 atom stereocenters. The lowest BCUT2D eigenvalue weighted by Gasteiger charge is -2.49. The molecule has 0 fully saturated rings. The highest BCUT2D eigenvalue weighted by molar-refractivity contribution is 7.26. The van der Waals surface area contributed by atoms with Crippen molar-refractivity contribution in [1.82, 2.24) is 4.48 Å². The lowest BCUT2D eigenvalue weighted by molar-refractivity contribution is 0.590. The molecule has 0 radical (unpaired) electrons. The number of anilines is 3. The second-order valence-corrected chi connectivity index (χ2v) is 21.1. The molecule has 290 valence electrons. The van der Waals surface area contributed by atoms with E-state index in [0.29, 0.717) is 0 Å². The normalized spacial score (nSPS) is 15.1. The largest absolute Gasteiger partial charge is 0.375 e. The predicted octanol–water partition coefficient (Wildman–Crippen LogP) is 13.9. The van der Waals surface area contributed by atoms with Crippen LogP contribution in [0.1, 0.15) is 74.9 Å². The summed E-state index contributed by atoms with van der Waals surface area (Å²) in [6.45, 7) is 14.1. The van der Waals surface area contributed by atoms with Crippen molar-refractivity contribution in [2.75, 3.05) is 4.90 Å². The summed E-state index contributed by atoms with van der Waals surface area (Å²) < 4.78 is 5.46. The molecule has 8 aromatic carbocycles. The van der Waals surface area contributed by atoms with Gasteiger partial charge in [0.1, 0.15) is 0 Å². The Morgan fingerprint density at radius 1 is 0.492 bits per heavy atom. The van der Waals surface area contributed by atoms with Crippen molar-refractivity contribution in [2.24, 2.45) is 0 Å². The maximum absolute atomic E-state index is 2.76. The Kier molecular flexibility index (Phi) is 6.26. The van der Waals surface area contributed by atoms with Crippen molar-refractivity contribution in [3.63, 3.8) is 0 Å². The van der Waals surface area contributed by atoms with Crippen LogP contribution >= 0.6 is 11.3 Å². The first-order valence-corrected chi connectivity index (χ1v) is 22.7. The fourth-order valence-corrected chi connectivity index (χ4v) is 13.4. The van der Waals surface area contributed by atoms with Crippen molar-refractivity contribution in [3.8, 4) is 22.3 Å². The topological polar surface area (TPSA) is 8.17 Å². The van der Waals surface area contributed by atoms with E-state index in [4.69, 9.17) is 0 Å². The van der Waals surface area contributed by atoms with E-state index in [-0.39, 0.29) is 17.7 Å². The Balaban J connectivity index is 1.22. The smallest absolute Gasteiger partial charge is 0.333 e. The number of hydrogen-bond acceptors (Lipinski definition) is 2. The number of aromatic nitrogens is 1. The van der Waals surface area contributed by atoms with Crippen LogP contribution in [-0.4, -0.2) is 11.3 Å². The first-order chi connectivity index (χ1) is 29.5. The molecule has 3 aliphatic heterocycles. The van der Waals surface area contributed by atoms with Crippen molar-refractivity contribution in [1.29, 1.82) is 0 Å². The second kappa shape index (κ2) is 11.1. The summed E-state index contributed by atoms with van der Waals surface area (Å²) in [5.41, 5.74) is 22.5. The zero-order valence-electron chi connectivity index (χ0n) is 35.3. The van der Waals surface area contributed by atoms with Crippen LogP contribution in [0.2, 0.25) is 0 Å². The second-order valence-electron chi connectivity index (χ2n) is 20.0. The van der Waals surface area contributed by atoms with Gasteiger partial charge in [-0.3, -0.25) is 0 Å². The summed E-state index contributed by atoms with van der Waals surface area (Å²) in [7, 11) is 0. The third-order valence-corrected chi connectivity index (χ3v) is 16.0. The van der Waals surface area contributed by atoms with Crippen molar-refractivity contribution < 1.29 is 0 Å². The average Bonchev–Trinajstić information content (AvgIpc) is 3.90. The number of para-hydroxylation sites is 2. The van der Waals surface area contributed by atoms with E-state index >= 15 is 0 Å². The highest BCUT2D eigenvalue weighted by Crippen LogP contribution is 2.64. The van der Waals surface area contributed by atoms with Crippen LogP contribution in [-0.2, 0) is 16.2 Å². The summed E-state index contributed by atoms with van der Waals surface area (Å²) in [6.07, 6.45) is 0. The van der Waals surface area contributed by atoms with Crippen LogP contribution in [0.4, 0.5) is 17.1 Å². The quantitative estimate of drug-likeness (QED) is 0.139. The zero-order chi connectivity index (χ0) is 40.9. The van der Waals surface area contributed by atoms with Gasteiger partial charge in [0.15, 0.2) is 0 Å². The van der Waals surface area contributed by atoms with Gasteiger partial charge in [0.2, 0.25) is 0 Å². The van der Waals surface area contributed by atoms with E-state index in [2.05, 4.69) is 203 Å². The van der Waals surface area contributed by atoms with Gasteiger partial charge < -0.3 is 9.38 Å². The Bertz CT molecular complexity index is 3600. The molecule has 1 spiro atoms. The molecule has 10 aromatic rings. The van der Waals surface area contributed by atoms with E-state index in [1.54, 1.807) is 0 Å². The third kappa shape index (κ3) is 4.02. The number of nitrogens with zero attached hydrogens (tertiary/aromatic N) is 2. The fraction of sp³-hybridized carbons (Fsp3) is 0.158. The van der Waals surface area contributed by atoms with Crippen LogP contribution in [0.5, 0.6) is 0 Å². The molecule has 1 aliphatic carbocycles. The van der Waals surface area contributed by atoms with Crippen LogP contribution in [0.3, 0.4) is 0 Å². The molecule has 4 heteroatoms. The van der Waals surface area contributed by atoms with E-state index in [0.717, 1.165) is 0 Å². The molecular formula is C57H43BN2S. The first-order valence-electron chi connectivity index (χ1n) is 21.9. The number of benzene rings is 8. The Morgan fingerprint density at radius 3 is 1.90 bits per heavy atom. The van der Waals surface area contributed by atoms with Gasteiger partial charge in [-0.05, 0) is 114 Å². The van der Waals surface area contributed by atoms with E-state index in [9.17, 15) is 0 Å². The standard InChI is InChI=1S/C57H43BN2S/c1-55(2,3)32-26-27-47-37(28-32)39-29-33(56(4,5)6)30-40-38-31-41-36-18-9-14-25-49(36)61-54(41)53-50(38)58(60(47)51(39)40)46-23-15-22-45-52(46)59(53)48-24-13-12-21-44(48)57(45)42-19-10-7-16-34(42)35-17-8-11-20-43(35)57/h7-31H,1-6H3. The maximum atomic E-state index is 2.76. The van der Waals surface area contributed by atoms with Gasteiger partial charge >= 0.3 is 6.85 Å². The van der Waals surface area contributed by atoms with Crippen molar-refractivity contribution >= 4 is 88.2 Å². The molecule has 5 heterocycles. The fourth-order valence-electron chi connectivity index (χ4n) is 12.2. The van der Waals surface area contributed by atoms with Crippen LogP contribution in [0.25, 0.3) is 64.2 Å². The molecular weight excluding hydrogens is 756 g/mol. The van der Waals surface area contributed by atoms with Gasteiger partial charge in [0, 0.05) is 48.5 Å². The van der Waals surface area contributed by atoms with Gasteiger partial charge in [-0.25, -0.2) is 0 Å². The Morgan fingerprint density at radius 2 is 1.15 bits per heavy atom. The lowest BCUT2D eigenvalue weighted by Crippen LogP contribution is -2.58. The highest BCUT2D eigenvalue weighted by Gasteiger charge is 2.55. The summed E-state index contributed by atoms with van der Waals surface area (Å²) in [6, 6.07) is 59.1. The van der Waals surface area contributed by atoms with Crippen LogP contribution < -0.4 is 15.8 Å². The van der Waals surface area contributed by atoms with E-state index < -0.39 is 5.41 Å². The molecule has 0 bridgehead atoms. The Hall–Kier alpha value is -6.36. The minimum absolute atomic E-state index is 0.0221. The number of fused-ring (bicyclic) bond motifs is 20. The molecule has 2 aromatic heterocycles. The molecule has 0 saturated carbocycles. The maximum Gasteiger partial charge on any atom is 0.333 e. The van der Waals surface area contributed by atoms with Crippen LogP contribution in [0, 0.1) is 0 Å². The summed E-state index contributed by atoms with van der Waals surface area (Å²) in [4.78, 5) is 2.72. The van der Waals surface area contributed by atoms with Gasteiger partial charge in [-0.2, -0.15) is 0 Å². The molecule has 0 unspecified atom stereocenters. The Labute approximate surface area is 360 Å². The minimum atomic E-state index is -0.482. The van der Waals surface area contributed by atoms with Crippen LogP contribution in [0.15, 0.2) is 152 Å². The van der Waals surface area contributed by atoms with Gasteiger partial charge in [-0.1, -0.05) is 151 Å². The summed E-state index contributed by atoms with van der Waals surface area (Å²) in [5.74, 6) is 0. The number of rotatable bonds is 0. The molecule has 14 rings (SSSR count). The SMILES string of the molecule is CC(C)(C)c1ccc2c(c1)c1cc(C(C)(C)C)cc3c1n2B1c2cccc4c2N(c2ccccc2C42c4ccccc4-c4ccccc42)c2c1c-3cc1c2sc2ccccc21. The molecule has 2 nitrogen and oxygen atoms in total. The monoisotopic (exact) mass is 798 g/mol. The van der Waals surface area contributed by atoms with Gasteiger partial charge in [0.25, 0.3) is 0 Å². The first kappa shape index (κ1) is 34.4.